The van der Waals surface area contributed by atoms with Gasteiger partial charge in [0.15, 0.2) is 5.82 Å². The van der Waals surface area contributed by atoms with E-state index >= 15 is 0 Å². The van der Waals surface area contributed by atoms with Crippen LogP contribution in [0, 0.1) is 16.7 Å². The molecule has 27 heavy (non-hydrogen) atoms. The zero-order valence-electron chi connectivity index (χ0n) is 15.2. The van der Waals surface area contributed by atoms with Crippen LogP contribution in [0.15, 0.2) is 18.5 Å². The van der Waals surface area contributed by atoms with E-state index in [0.717, 1.165) is 0 Å². The second-order valence-corrected chi connectivity index (χ2v) is 7.45. The first-order valence-electron chi connectivity index (χ1n) is 8.33. The van der Waals surface area contributed by atoms with Crippen molar-refractivity contribution in [2.24, 2.45) is 5.41 Å². The maximum atomic E-state index is 12.0. The fraction of sp³-hybridized carbons (Fsp3) is 0.529. The summed E-state index contributed by atoms with van der Waals surface area (Å²) in [5.41, 5.74) is 3.76. The molecular formula is C17H21N5O5. The van der Waals surface area contributed by atoms with Crippen molar-refractivity contribution >= 4 is 17.3 Å². The first-order valence-corrected chi connectivity index (χ1v) is 8.33. The van der Waals surface area contributed by atoms with Gasteiger partial charge in [-0.05, 0) is 32.9 Å². The lowest BCUT2D eigenvalue weighted by molar-refractivity contribution is -0.159. The van der Waals surface area contributed by atoms with E-state index in [2.05, 4.69) is 10.1 Å². The van der Waals surface area contributed by atoms with Crippen molar-refractivity contribution in [3.63, 3.8) is 0 Å². The summed E-state index contributed by atoms with van der Waals surface area (Å²) in [5, 5.41) is 34.8. The van der Waals surface area contributed by atoms with E-state index in [4.69, 9.17) is 15.2 Å². The van der Waals surface area contributed by atoms with Crippen molar-refractivity contribution in [2.75, 3.05) is 12.3 Å². The number of carbonyl (C=O) groups excluding carboxylic acids is 1. The van der Waals surface area contributed by atoms with Gasteiger partial charge in [0.2, 0.25) is 5.60 Å². The number of ether oxygens (including phenoxy) is 2. The summed E-state index contributed by atoms with van der Waals surface area (Å²) in [6, 6.07) is 5.02. The molecule has 1 aliphatic rings. The number of fused-ring (bicyclic) bond motifs is 1. The highest BCUT2D eigenvalue weighted by atomic mass is 16.6. The fourth-order valence-corrected chi connectivity index (χ4v) is 2.92. The van der Waals surface area contributed by atoms with Crippen LogP contribution < -0.4 is 5.73 Å². The van der Waals surface area contributed by atoms with Crippen LogP contribution >= 0.6 is 0 Å². The number of carbonyl (C=O) groups is 1. The second-order valence-electron chi connectivity index (χ2n) is 7.45. The molecule has 0 amide bonds. The Morgan fingerprint density at radius 2 is 2.19 bits per heavy atom. The number of nitrogens with zero attached hydrogens (tertiary/aromatic N) is 4. The maximum absolute atomic E-state index is 12.0. The summed E-state index contributed by atoms with van der Waals surface area (Å²) in [5.74, 6) is -0.302. The Morgan fingerprint density at radius 3 is 2.81 bits per heavy atom. The van der Waals surface area contributed by atoms with Crippen LogP contribution in [0.4, 0.5) is 5.82 Å². The molecule has 3 heterocycles. The van der Waals surface area contributed by atoms with Crippen LogP contribution in [-0.2, 0) is 19.9 Å². The largest absolute Gasteiger partial charge is 0.462 e. The molecule has 1 aliphatic heterocycles. The van der Waals surface area contributed by atoms with Crippen molar-refractivity contribution in [1.29, 1.82) is 5.26 Å². The quantitative estimate of drug-likeness (QED) is 0.615. The molecule has 10 heteroatoms. The molecule has 2 aromatic heterocycles. The molecule has 10 nitrogen and oxygen atoms in total. The van der Waals surface area contributed by atoms with Gasteiger partial charge in [0, 0.05) is 0 Å². The van der Waals surface area contributed by atoms with E-state index in [1.165, 1.54) is 16.9 Å². The summed E-state index contributed by atoms with van der Waals surface area (Å²) in [6.07, 6.45) is -2.91. The van der Waals surface area contributed by atoms with Gasteiger partial charge in [-0.25, -0.2) is 9.50 Å². The van der Waals surface area contributed by atoms with Crippen molar-refractivity contribution in [2.45, 2.75) is 44.7 Å². The number of nitriles is 1. The minimum Gasteiger partial charge on any atom is -0.462 e. The SMILES string of the molecule is CC(C)(C)C(=O)OC[C@H]1O[C@@](C#N)(c2ccc3c(N)ncnn23)[C@H](O)[C@@H]1O. The van der Waals surface area contributed by atoms with Gasteiger partial charge in [0.25, 0.3) is 0 Å². The maximum Gasteiger partial charge on any atom is 0.311 e. The fourth-order valence-electron chi connectivity index (χ4n) is 2.92. The van der Waals surface area contributed by atoms with Gasteiger partial charge < -0.3 is 25.4 Å². The molecule has 0 bridgehead atoms. The molecule has 0 saturated carbocycles. The predicted octanol–water partition coefficient (Wildman–Crippen LogP) is -0.260. The second kappa shape index (κ2) is 6.45. The highest BCUT2D eigenvalue weighted by molar-refractivity contribution is 5.75. The molecule has 1 saturated heterocycles. The van der Waals surface area contributed by atoms with Crippen LogP contribution in [0.25, 0.3) is 5.52 Å². The molecule has 4 N–H and O–H groups in total. The number of aliphatic hydroxyl groups is 2. The Hall–Kier alpha value is -2.74. The molecule has 0 radical (unpaired) electrons. The molecule has 0 aromatic carbocycles. The Balaban J connectivity index is 1.93. The number of aromatic nitrogens is 3. The van der Waals surface area contributed by atoms with Crippen LogP contribution in [-0.4, -0.2) is 55.7 Å². The molecule has 144 valence electrons. The molecular weight excluding hydrogens is 354 g/mol. The monoisotopic (exact) mass is 375 g/mol. The average molecular weight is 375 g/mol. The molecule has 4 atom stereocenters. The van der Waals surface area contributed by atoms with E-state index in [1.807, 2.05) is 6.07 Å². The third kappa shape index (κ3) is 2.99. The van der Waals surface area contributed by atoms with Crippen LogP contribution in [0.1, 0.15) is 26.5 Å². The van der Waals surface area contributed by atoms with E-state index in [9.17, 15) is 20.3 Å². The Kier molecular flexibility index (Phi) is 4.55. The van der Waals surface area contributed by atoms with Crippen LogP contribution in [0.5, 0.6) is 0 Å². The lowest BCUT2D eigenvalue weighted by Crippen LogP contribution is -2.41. The van der Waals surface area contributed by atoms with Gasteiger partial charge in [-0.2, -0.15) is 10.4 Å². The van der Waals surface area contributed by atoms with E-state index in [1.54, 1.807) is 26.8 Å². The number of nitrogen functional groups attached to an aromatic ring is 1. The third-order valence-corrected chi connectivity index (χ3v) is 4.48. The summed E-state index contributed by atoms with van der Waals surface area (Å²) >= 11 is 0. The smallest absolute Gasteiger partial charge is 0.311 e. The van der Waals surface area contributed by atoms with Gasteiger partial charge in [-0.1, -0.05) is 0 Å². The van der Waals surface area contributed by atoms with E-state index in [-0.39, 0.29) is 18.1 Å². The third-order valence-electron chi connectivity index (χ3n) is 4.48. The van der Waals surface area contributed by atoms with Gasteiger partial charge in [-0.15, -0.1) is 0 Å². The minimum absolute atomic E-state index is 0.185. The number of hydrogen-bond acceptors (Lipinski definition) is 9. The molecule has 0 spiro atoms. The van der Waals surface area contributed by atoms with Crippen molar-refractivity contribution in [3.05, 3.63) is 24.2 Å². The van der Waals surface area contributed by atoms with Gasteiger partial charge in [0.05, 0.1) is 11.1 Å². The van der Waals surface area contributed by atoms with Crippen LogP contribution in [0.3, 0.4) is 0 Å². The Morgan fingerprint density at radius 1 is 1.48 bits per heavy atom. The number of nitrogens with two attached hydrogens (primary N) is 1. The number of hydrogen-bond donors (Lipinski definition) is 3. The lowest BCUT2D eigenvalue weighted by atomic mass is 9.92. The van der Waals surface area contributed by atoms with E-state index < -0.39 is 35.3 Å². The van der Waals surface area contributed by atoms with Crippen molar-refractivity contribution in [1.82, 2.24) is 14.6 Å². The average Bonchev–Trinajstić information content (AvgIpc) is 3.15. The van der Waals surface area contributed by atoms with Gasteiger partial charge in [-0.3, -0.25) is 4.79 Å². The normalized spacial score (nSPS) is 28.2. The number of rotatable bonds is 3. The first kappa shape index (κ1) is 19.0. The Bertz CT molecular complexity index is 915. The minimum atomic E-state index is -1.91. The molecule has 1 fully saturated rings. The Labute approximate surface area is 155 Å². The summed E-state index contributed by atoms with van der Waals surface area (Å²) in [6.45, 7) is 4.75. The standard InChI is InChI=1S/C17H21N5O5/c1-16(2,3)15(25)26-6-10-12(23)13(24)17(7-18,27-10)11-5-4-9-14(19)20-8-21-22(9)11/h4-5,8,10,12-13,23-24H,6H2,1-3H3,(H2,19,20,21)/t10-,12-,13-,17+/m1/s1. The lowest BCUT2D eigenvalue weighted by Gasteiger charge is -2.24. The topological polar surface area (TPSA) is 156 Å². The highest BCUT2D eigenvalue weighted by Gasteiger charge is 2.57. The van der Waals surface area contributed by atoms with Crippen LogP contribution in [0.2, 0.25) is 0 Å². The highest BCUT2D eigenvalue weighted by Crippen LogP contribution is 2.40. The van der Waals surface area contributed by atoms with Gasteiger partial charge in [0.1, 0.15) is 42.8 Å². The number of anilines is 1. The number of esters is 1. The van der Waals surface area contributed by atoms with Crippen molar-refractivity contribution < 1.29 is 24.5 Å². The molecule has 3 rings (SSSR count). The molecule has 0 unspecified atom stereocenters. The summed E-state index contributed by atoms with van der Waals surface area (Å²) in [7, 11) is 0. The van der Waals surface area contributed by atoms with E-state index in [0.29, 0.717) is 5.52 Å². The zero-order valence-corrected chi connectivity index (χ0v) is 15.2. The van der Waals surface area contributed by atoms with Crippen molar-refractivity contribution in [3.8, 4) is 6.07 Å². The molecule has 2 aromatic rings. The summed E-state index contributed by atoms with van der Waals surface area (Å²) < 4.78 is 12.2. The molecule has 0 aliphatic carbocycles. The summed E-state index contributed by atoms with van der Waals surface area (Å²) in [4.78, 5) is 15.8. The van der Waals surface area contributed by atoms with Gasteiger partial charge >= 0.3 is 5.97 Å². The number of aliphatic hydroxyl groups excluding tert-OH is 2. The first-order chi connectivity index (χ1) is 12.6. The zero-order chi connectivity index (χ0) is 20.0. The predicted molar refractivity (Wildman–Crippen MR) is 92.0 cm³/mol.